The van der Waals surface area contributed by atoms with E-state index in [0.29, 0.717) is 11.5 Å². The molecule has 10 heteroatoms. The Morgan fingerprint density at radius 1 is 1.30 bits per heavy atom. The van der Waals surface area contributed by atoms with E-state index in [1.807, 2.05) is 6.20 Å². The standard InChI is InChI=1S/C20H17ClFN5O2S/c21-14-5-10(1-3-15(14)22)25-19-17-12-2-4-16-13(7-27(26-16)6-11(29)8-28)18(12)30-20(17)24-9-23-19/h1,3,5,7,9,11,28-29H,2,4,6,8H2,(H,23,24,25). The van der Waals surface area contributed by atoms with E-state index < -0.39 is 11.9 Å². The lowest BCUT2D eigenvalue weighted by molar-refractivity contribution is 0.0782. The summed E-state index contributed by atoms with van der Waals surface area (Å²) in [7, 11) is 0. The van der Waals surface area contributed by atoms with Gasteiger partial charge in [-0.25, -0.2) is 14.4 Å². The Morgan fingerprint density at radius 3 is 2.97 bits per heavy atom. The number of fused-ring (bicyclic) bond motifs is 5. The molecule has 0 radical (unpaired) electrons. The number of aryl methyl sites for hydroxylation is 2. The van der Waals surface area contributed by atoms with Crippen LogP contribution in [0.1, 0.15) is 11.3 Å². The van der Waals surface area contributed by atoms with Crippen molar-refractivity contribution in [1.82, 2.24) is 19.7 Å². The zero-order chi connectivity index (χ0) is 20.8. The SMILES string of the molecule is OCC(O)Cn1cc2c(n1)CCc1c-2sc2ncnc(Nc3ccc(F)c(Cl)c3)c12. The molecular formula is C20H17ClFN5O2S. The highest BCUT2D eigenvalue weighted by molar-refractivity contribution is 7.22. The molecule has 0 saturated heterocycles. The second kappa shape index (κ2) is 7.59. The van der Waals surface area contributed by atoms with Crippen molar-refractivity contribution in [1.29, 1.82) is 0 Å². The maximum absolute atomic E-state index is 13.5. The molecule has 3 aromatic heterocycles. The summed E-state index contributed by atoms with van der Waals surface area (Å²) in [5.74, 6) is 0.172. The predicted molar refractivity (Wildman–Crippen MR) is 114 cm³/mol. The Bertz CT molecular complexity index is 1260. The molecule has 1 atom stereocenters. The quantitative estimate of drug-likeness (QED) is 0.435. The number of anilines is 2. The van der Waals surface area contributed by atoms with Crippen molar-refractivity contribution in [3.05, 3.63) is 52.8 Å². The smallest absolute Gasteiger partial charge is 0.142 e. The number of hydrogen-bond acceptors (Lipinski definition) is 7. The lowest BCUT2D eigenvalue weighted by atomic mass is 9.95. The van der Waals surface area contributed by atoms with Gasteiger partial charge in [0.05, 0.1) is 35.4 Å². The van der Waals surface area contributed by atoms with Crippen molar-refractivity contribution in [3.63, 3.8) is 0 Å². The maximum atomic E-state index is 13.5. The first-order valence-corrected chi connectivity index (χ1v) is 10.6. The van der Waals surface area contributed by atoms with Crippen LogP contribution in [0.15, 0.2) is 30.7 Å². The summed E-state index contributed by atoms with van der Waals surface area (Å²) in [5.41, 5.74) is 3.76. The summed E-state index contributed by atoms with van der Waals surface area (Å²) < 4.78 is 15.2. The van der Waals surface area contributed by atoms with Crippen LogP contribution in [0.5, 0.6) is 0 Å². The minimum absolute atomic E-state index is 0.0415. The molecule has 0 spiro atoms. The Hall–Kier alpha value is -2.59. The third-order valence-electron chi connectivity index (χ3n) is 5.07. The van der Waals surface area contributed by atoms with Crippen LogP contribution in [0, 0.1) is 5.82 Å². The van der Waals surface area contributed by atoms with E-state index in [1.54, 1.807) is 22.1 Å². The summed E-state index contributed by atoms with van der Waals surface area (Å²) in [6.07, 6.45) is 4.10. The van der Waals surface area contributed by atoms with Gasteiger partial charge in [-0.15, -0.1) is 11.3 Å². The lowest BCUT2D eigenvalue weighted by Gasteiger charge is -2.12. The third-order valence-corrected chi connectivity index (χ3v) is 6.54. The van der Waals surface area contributed by atoms with Crippen LogP contribution in [-0.2, 0) is 19.4 Å². The third kappa shape index (κ3) is 3.33. The van der Waals surface area contributed by atoms with E-state index in [0.717, 1.165) is 44.8 Å². The number of nitrogens with zero attached hydrogens (tertiary/aromatic N) is 4. The van der Waals surface area contributed by atoms with E-state index >= 15 is 0 Å². The molecule has 30 heavy (non-hydrogen) atoms. The van der Waals surface area contributed by atoms with E-state index in [9.17, 15) is 9.50 Å². The molecular weight excluding hydrogens is 429 g/mol. The van der Waals surface area contributed by atoms with Crippen molar-refractivity contribution >= 4 is 44.7 Å². The molecule has 7 nitrogen and oxygen atoms in total. The summed E-state index contributed by atoms with van der Waals surface area (Å²) in [4.78, 5) is 10.8. The fraction of sp³-hybridized carbons (Fsp3) is 0.250. The maximum Gasteiger partial charge on any atom is 0.142 e. The Labute approximate surface area is 179 Å². The van der Waals surface area contributed by atoms with Crippen molar-refractivity contribution < 1.29 is 14.6 Å². The molecule has 0 aliphatic heterocycles. The number of nitrogens with one attached hydrogen (secondary N) is 1. The number of aliphatic hydroxyl groups is 2. The van der Waals surface area contributed by atoms with Gasteiger partial charge >= 0.3 is 0 Å². The van der Waals surface area contributed by atoms with E-state index in [-0.39, 0.29) is 18.2 Å². The molecule has 4 aromatic rings. The minimum Gasteiger partial charge on any atom is -0.394 e. The number of benzene rings is 1. The van der Waals surface area contributed by atoms with Gasteiger partial charge in [-0.3, -0.25) is 4.68 Å². The van der Waals surface area contributed by atoms with Crippen molar-refractivity contribution in [2.75, 3.05) is 11.9 Å². The average molecular weight is 446 g/mol. The molecule has 1 aromatic carbocycles. The van der Waals surface area contributed by atoms with Gasteiger partial charge in [0.25, 0.3) is 0 Å². The number of halogens is 2. The molecule has 1 unspecified atom stereocenters. The van der Waals surface area contributed by atoms with Crippen LogP contribution >= 0.6 is 22.9 Å². The van der Waals surface area contributed by atoms with Crippen LogP contribution < -0.4 is 5.32 Å². The van der Waals surface area contributed by atoms with E-state index in [1.165, 1.54) is 18.5 Å². The molecule has 3 N–H and O–H groups in total. The van der Waals surface area contributed by atoms with Crippen molar-refractivity contribution in [2.45, 2.75) is 25.5 Å². The first kappa shape index (κ1) is 19.4. The van der Waals surface area contributed by atoms with Crippen LogP contribution in [0.3, 0.4) is 0 Å². The number of aromatic nitrogens is 4. The number of hydrogen-bond donors (Lipinski definition) is 3. The Kier molecular flexibility index (Phi) is 4.90. The second-order valence-electron chi connectivity index (χ2n) is 7.11. The van der Waals surface area contributed by atoms with Gasteiger partial charge in [0, 0.05) is 22.3 Å². The Balaban J connectivity index is 1.56. The van der Waals surface area contributed by atoms with Gasteiger partial charge in [0.2, 0.25) is 0 Å². The zero-order valence-corrected chi connectivity index (χ0v) is 17.2. The molecule has 1 aliphatic carbocycles. The monoisotopic (exact) mass is 445 g/mol. The first-order chi connectivity index (χ1) is 14.5. The largest absolute Gasteiger partial charge is 0.394 e. The molecule has 1 aliphatic rings. The topological polar surface area (TPSA) is 96.1 Å². The molecule has 5 rings (SSSR count). The summed E-state index contributed by atoms with van der Waals surface area (Å²) in [6, 6.07) is 4.45. The second-order valence-corrected chi connectivity index (χ2v) is 8.52. The van der Waals surface area contributed by atoms with Gasteiger partial charge in [0.15, 0.2) is 0 Å². The number of aliphatic hydroxyl groups excluding tert-OH is 2. The average Bonchev–Trinajstić information content (AvgIpc) is 3.31. The van der Waals surface area contributed by atoms with Gasteiger partial charge in [-0.2, -0.15) is 5.10 Å². The first-order valence-electron chi connectivity index (χ1n) is 9.37. The summed E-state index contributed by atoms with van der Waals surface area (Å²) in [5, 5.41) is 27.6. The van der Waals surface area contributed by atoms with E-state index in [4.69, 9.17) is 16.7 Å². The molecule has 0 bridgehead atoms. The van der Waals surface area contributed by atoms with Crippen molar-refractivity contribution in [3.8, 4) is 10.4 Å². The minimum atomic E-state index is -0.850. The summed E-state index contributed by atoms with van der Waals surface area (Å²) >= 11 is 7.48. The molecule has 0 saturated carbocycles. The number of rotatable bonds is 5. The van der Waals surface area contributed by atoms with Crippen LogP contribution in [0.4, 0.5) is 15.9 Å². The lowest BCUT2D eigenvalue weighted by Crippen LogP contribution is -2.20. The molecule has 3 heterocycles. The molecule has 154 valence electrons. The Morgan fingerprint density at radius 2 is 2.17 bits per heavy atom. The van der Waals surface area contributed by atoms with Gasteiger partial charge in [-0.1, -0.05) is 11.6 Å². The summed E-state index contributed by atoms with van der Waals surface area (Å²) in [6.45, 7) is -0.0711. The zero-order valence-electron chi connectivity index (χ0n) is 15.6. The van der Waals surface area contributed by atoms with Crippen LogP contribution in [-0.4, -0.2) is 42.7 Å². The highest BCUT2D eigenvalue weighted by Gasteiger charge is 2.26. The number of thiophene rings is 1. The van der Waals surface area contributed by atoms with E-state index in [2.05, 4.69) is 20.4 Å². The van der Waals surface area contributed by atoms with Crippen LogP contribution in [0.2, 0.25) is 5.02 Å². The molecule has 0 amide bonds. The van der Waals surface area contributed by atoms with Crippen LogP contribution in [0.25, 0.3) is 20.7 Å². The highest BCUT2D eigenvalue weighted by atomic mass is 35.5. The van der Waals surface area contributed by atoms with Gasteiger partial charge in [0.1, 0.15) is 22.8 Å². The van der Waals surface area contributed by atoms with Gasteiger partial charge < -0.3 is 15.5 Å². The fourth-order valence-corrected chi connectivity index (χ4v) is 5.10. The normalized spacial score (nSPS) is 13.9. The fourth-order valence-electron chi connectivity index (χ4n) is 3.70. The van der Waals surface area contributed by atoms with Crippen molar-refractivity contribution in [2.24, 2.45) is 0 Å². The molecule has 0 fully saturated rings. The van der Waals surface area contributed by atoms with Gasteiger partial charge in [-0.05, 0) is 36.6 Å². The predicted octanol–water partition coefficient (Wildman–Crippen LogP) is 3.54. The highest BCUT2D eigenvalue weighted by Crippen LogP contribution is 2.45.